The number of carboxylic acid groups (broad SMARTS) is 1. The number of hydrogen-bond donors (Lipinski definition) is 7. The molecule has 0 aliphatic carbocycles. The average Bonchev–Trinajstić information content (AvgIpc) is 0.848. The first-order chi connectivity index (χ1) is 60.9. The van der Waals surface area contributed by atoms with E-state index >= 15 is 0 Å². The molecule has 10 amide bonds. The number of ether oxygens (including phenoxy) is 1. The lowest BCUT2D eigenvalue weighted by Crippen LogP contribution is -2.50. The molecular formula is C100H151N15O15. The van der Waals surface area contributed by atoms with Crippen LogP contribution in [0.5, 0.6) is 0 Å². The van der Waals surface area contributed by atoms with Gasteiger partial charge in [0.15, 0.2) is 0 Å². The van der Waals surface area contributed by atoms with Crippen LogP contribution < -0.4 is 26.6 Å². The molecule has 5 fully saturated rings. The summed E-state index contributed by atoms with van der Waals surface area (Å²) >= 11 is 0. The number of aliphatic carboxylic acids is 1. The van der Waals surface area contributed by atoms with E-state index in [9.17, 15) is 57.5 Å². The summed E-state index contributed by atoms with van der Waals surface area (Å²) in [6.45, 7) is 56.6. The molecule has 0 atom stereocenters. The molecule has 130 heavy (non-hydrogen) atoms. The van der Waals surface area contributed by atoms with Gasteiger partial charge in [-0.15, -0.1) is 0 Å². The molecule has 30 nitrogen and oxygen atoms in total. The standard InChI is InChI=1S/C22H35N3O2.C20H29N3O4.C20H31N3O2.C19H27N3O4.C19H29N3O3/c1-21(2,3)16-24-10-12-25(13-11-24)19(26)18-9-7-8-17(14-18)15-23-20(27)22(4,5)6;1-20(2,3)19(26)21-13-15-6-5-7-16(12-15)18(25)23-10-8-22(9-11-23)14-17(24)27-4;1-5-9-22-10-12-23(13-11-22)18(24)17-8-6-7-16(14-17)15-21-19(25)20(2,3)4;1-19(2,3)18(26)20-12-14-5-4-6-15(11-14)17(25)22-9-7-21(8-10-22)13-16(23)24;1-19(2,3)18(25)20-14-15-5-4-6-16(13-15)17(24)22-9-7-21(8-10-22)11-12-23/h7-9,14H,10-13,15-16H2,1-6H3,(H,23,27);5-7,12H,8-11,13-14H2,1-4H3,(H,21,26);6-8,14H,5,9-13,15H2,1-4H3,(H,21,25);4-6,11H,7-10,12-13H2,1-3H3,(H,20,26)(H,23,24);4-6,13,23H,7-12,14H2,1-3H3,(H,20,25). The molecule has 0 aromatic heterocycles. The first-order valence-corrected chi connectivity index (χ1v) is 45.8. The second kappa shape index (κ2) is 50.8. The monoisotopic (exact) mass is 1800 g/mol. The largest absolute Gasteiger partial charge is 0.480 e. The first kappa shape index (κ1) is 108. The van der Waals surface area contributed by atoms with Crippen molar-refractivity contribution < 1.29 is 72.5 Å². The average molecular weight is 1800 g/mol. The summed E-state index contributed by atoms with van der Waals surface area (Å²) in [4.78, 5) is 166. The van der Waals surface area contributed by atoms with Crippen LogP contribution in [0.4, 0.5) is 0 Å². The highest BCUT2D eigenvalue weighted by Crippen LogP contribution is 2.24. The zero-order chi connectivity index (χ0) is 96.5. The number of nitrogens with zero attached hydrogens (tertiary/aromatic N) is 10. The lowest BCUT2D eigenvalue weighted by molar-refractivity contribution is -0.142. The van der Waals surface area contributed by atoms with E-state index in [2.05, 4.69) is 73.7 Å². The maximum Gasteiger partial charge on any atom is 0.319 e. The Kier molecular flexibility index (Phi) is 42.3. The fourth-order valence-electron chi connectivity index (χ4n) is 14.5. The van der Waals surface area contributed by atoms with Crippen molar-refractivity contribution in [3.8, 4) is 0 Å². The fourth-order valence-corrected chi connectivity index (χ4v) is 14.5. The number of esters is 1. The number of benzene rings is 5. The Hall–Kier alpha value is -10.5. The number of nitrogens with one attached hydrogen (secondary N) is 5. The van der Waals surface area contributed by atoms with E-state index < -0.39 is 33.0 Å². The van der Waals surface area contributed by atoms with E-state index in [0.29, 0.717) is 133 Å². The SMILES string of the molecule is CC(C)(C)C(=O)NCc1cccc(C(=O)N2CCN(CC(=O)O)CC2)c1.CC(C)(C)C(=O)NCc1cccc(C(=O)N2CCN(CCO)CC2)c1.CC(C)(C)CN1CCN(C(=O)c2cccc(CNC(=O)C(C)(C)C)c2)CC1.CCCN1CCN(C(=O)c2cccc(CNC(=O)C(C)(C)C)c2)CC1.COC(=O)CN1CCN(C(=O)c2cccc(CNC(=O)C(C)(C)C)c2)CC1. The summed E-state index contributed by atoms with van der Waals surface area (Å²) in [6.07, 6.45) is 1.15. The molecule has 7 N–H and O–H groups in total. The number of carbonyl (C=O) groups is 12. The van der Waals surface area contributed by atoms with Crippen molar-refractivity contribution in [3.05, 3.63) is 177 Å². The quantitative estimate of drug-likeness (QED) is 0.0283. The third-order valence-corrected chi connectivity index (χ3v) is 22.4. The lowest BCUT2D eigenvalue weighted by Gasteiger charge is -2.37. The zero-order valence-electron chi connectivity index (χ0n) is 81.3. The van der Waals surface area contributed by atoms with Crippen LogP contribution in [0.2, 0.25) is 0 Å². The van der Waals surface area contributed by atoms with Crippen molar-refractivity contribution in [2.24, 2.45) is 32.5 Å². The zero-order valence-corrected chi connectivity index (χ0v) is 81.3. The summed E-state index contributed by atoms with van der Waals surface area (Å²) in [5.74, 6) is -1.09. The first-order valence-electron chi connectivity index (χ1n) is 45.8. The van der Waals surface area contributed by atoms with Gasteiger partial charge in [-0.3, -0.25) is 82.0 Å². The van der Waals surface area contributed by atoms with Crippen molar-refractivity contribution in [1.29, 1.82) is 0 Å². The summed E-state index contributed by atoms with van der Waals surface area (Å²) in [5, 5.41) is 32.4. The van der Waals surface area contributed by atoms with Crippen LogP contribution in [0, 0.1) is 32.5 Å². The molecule has 716 valence electrons. The van der Waals surface area contributed by atoms with E-state index in [-0.39, 0.29) is 90.2 Å². The van der Waals surface area contributed by atoms with Gasteiger partial charge in [-0.05, 0) is 107 Å². The molecule has 0 saturated carbocycles. The van der Waals surface area contributed by atoms with Gasteiger partial charge in [-0.2, -0.15) is 0 Å². The van der Waals surface area contributed by atoms with Crippen LogP contribution in [0.25, 0.3) is 0 Å². The topological polar surface area (TPSA) is 347 Å². The number of amides is 10. The van der Waals surface area contributed by atoms with Gasteiger partial charge < -0.3 is 66.0 Å². The van der Waals surface area contributed by atoms with Gasteiger partial charge in [0, 0.05) is 232 Å². The molecule has 5 aliphatic heterocycles. The van der Waals surface area contributed by atoms with E-state index in [1.54, 1.807) is 28.0 Å². The lowest BCUT2D eigenvalue weighted by atomic mass is 9.95. The maximum atomic E-state index is 12.9. The van der Waals surface area contributed by atoms with E-state index in [4.69, 9.17) is 10.2 Å². The van der Waals surface area contributed by atoms with Gasteiger partial charge in [0.25, 0.3) is 29.5 Å². The molecule has 0 spiro atoms. The number of β-amino-alcohol motifs (C(OH)–C–C–N with tert-alkyl or cyclic N) is 1. The Morgan fingerprint density at radius 1 is 0.308 bits per heavy atom. The van der Waals surface area contributed by atoms with Crippen LogP contribution >= 0.6 is 0 Å². The molecule has 0 bridgehead atoms. The van der Waals surface area contributed by atoms with Crippen molar-refractivity contribution >= 4 is 71.0 Å². The predicted molar refractivity (Wildman–Crippen MR) is 507 cm³/mol. The number of rotatable bonds is 24. The van der Waals surface area contributed by atoms with Gasteiger partial charge in [-0.1, -0.05) is 192 Å². The van der Waals surface area contributed by atoms with Gasteiger partial charge in [0.05, 0.1) is 26.8 Å². The van der Waals surface area contributed by atoms with Gasteiger partial charge in [0.2, 0.25) is 29.5 Å². The Bertz CT molecular complexity index is 4440. The minimum Gasteiger partial charge on any atom is -0.480 e. The molecule has 5 heterocycles. The third-order valence-electron chi connectivity index (χ3n) is 22.4. The summed E-state index contributed by atoms with van der Waals surface area (Å²) in [5.41, 5.74) is 5.94. The molecule has 5 aromatic carbocycles. The van der Waals surface area contributed by atoms with E-state index in [0.717, 1.165) is 113 Å². The normalized spacial score (nSPS) is 15.8. The molecule has 5 aliphatic rings. The molecular weight excluding hydrogens is 1650 g/mol. The second-order valence-electron chi connectivity index (χ2n) is 40.4. The van der Waals surface area contributed by atoms with Gasteiger partial charge >= 0.3 is 11.9 Å². The molecule has 5 aromatic rings. The van der Waals surface area contributed by atoms with Gasteiger partial charge in [-0.25, -0.2) is 0 Å². The smallest absolute Gasteiger partial charge is 0.319 e. The predicted octanol–water partition coefficient (Wildman–Crippen LogP) is 9.24. The molecule has 10 rings (SSSR count). The highest BCUT2D eigenvalue weighted by Gasteiger charge is 2.32. The Morgan fingerprint density at radius 2 is 0.523 bits per heavy atom. The van der Waals surface area contributed by atoms with Crippen LogP contribution in [-0.2, 0) is 71.0 Å². The van der Waals surface area contributed by atoms with Crippen LogP contribution in [-0.4, -0.2) is 308 Å². The Morgan fingerprint density at radius 3 is 0.723 bits per heavy atom. The van der Waals surface area contributed by atoms with Crippen molar-refractivity contribution in [1.82, 2.24) is 75.6 Å². The van der Waals surface area contributed by atoms with Crippen molar-refractivity contribution in [3.63, 3.8) is 0 Å². The molecule has 0 unspecified atom stereocenters. The molecule has 30 heteroatoms. The van der Waals surface area contributed by atoms with Crippen molar-refractivity contribution in [2.45, 2.75) is 171 Å². The Balaban J connectivity index is 0.000000250. The van der Waals surface area contributed by atoms with Crippen LogP contribution in [0.15, 0.2) is 121 Å². The number of carbonyl (C=O) groups excluding carboxylic acids is 11. The minimum atomic E-state index is -0.852. The summed E-state index contributed by atoms with van der Waals surface area (Å²) < 4.78 is 4.68. The molecule has 0 radical (unpaired) electrons. The number of aliphatic hydroxyl groups is 1. The number of aliphatic hydroxyl groups excluding tert-OH is 1. The number of carboxylic acids is 1. The summed E-state index contributed by atoms with van der Waals surface area (Å²) in [6, 6.07) is 37.2. The Labute approximate surface area is 772 Å². The van der Waals surface area contributed by atoms with E-state index in [1.165, 1.54) is 7.11 Å². The number of methoxy groups -OCH3 is 1. The molecule has 5 saturated heterocycles. The number of piperazine rings is 5. The number of hydrogen-bond acceptors (Lipinski definition) is 19. The highest BCUT2D eigenvalue weighted by atomic mass is 16.5. The third kappa shape index (κ3) is 37.8. The van der Waals surface area contributed by atoms with Crippen LogP contribution in [0.1, 0.15) is 218 Å². The van der Waals surface area contributed by atoms with Crippen LogP contribution in [0.3, 0.4) is 0 Å². The summed E-state index contributed by atoms with van der Waals surface area (Å²) in [7, 11) is 1.37. The highest BCUT2D eigenvalue weighted by molar-refractivity contribution is 5.97. The van der Waals surface area contributed by atoms with Gasteiger partial charge in [0.1, 0.15) is 0 Å². The maximum absolute atomic E-state index is 12.9. The van der Waals surface area contributed by atoms with E-state index in [1.807, 2.05) is 231 Å². The minimum absolute atomic E-state index is 0.00495. The second-order valence-corrected chi connectivity index (χ2v) is 40.4. The fraction of sp³-hybridized carbons (Fsp3) is 0.580. The van der Waals surface area contributed by atoms with Crippen molar-refractivity contribution in [2.75, 3.05) is 177 Å².